The summed E-state index contributed by atoms with van der Waals surface area (Å²) in [5.41, 5.74) is 0. The Bertz CT molecular complexity index is 853. The number of rotatable bonds is 17. The van der Waals surface area contributed by atoms with E-state index in [1.165, 1.54) is 26.4 Å². The molecule has 0 aromatic rings. The number of ether oxygens (including phenoxy) is 1. The van der Waals surface area contributed by atoms with E-state index in [-0.39, 0.29) is 33.9 Å². The van der Waals surface area contributed by atoms with E-state index in [1.54, 1.807) is 0 Å². The molecule has 0 aliphatic heterocycles. The minimum atomic E-state index is -2.22. The Morgan fingerprint density at radius 1 is 0.951 bits per heavy atom. The van der Waals surface area contributed by atoms with Crippen molar-refractivity contribution in [1.82, 2.24) is 0 Å². The fraction of sp³-hybridized carbons (Fsp3) is 0.879. The number of carbonyl (C=O) groups excluding carboxylic acids is 2. The molecule has 6 nitrogen and oxygen atoms in total. The summed E-state index contributed by atoms with van der Waals surface area (Å²) in [6.45, 7) is 24.6. The van der Waals surface area contributed by atoms with Gasteiger partial charge in [-0.05, 0) is 68.0 Å². The fourth-order valence-corrected chi connectivity index (χ4v) is 7.42. The zero-order valence-corrected chi connectivity index (χ0v) is 30.7. The van der Waals surface area contributed by atoms with Gasteiger partial charge in [0.25, 0.3) is 0 Å². The normalized spacial score (nSPS) is 21.7. The second-order valence-corrected chi connectivity index (χ2v) is 24.7. The Hall–Kier alpha value is -0.966. The molecule has 1 fully saturated rings. The van der Waals surface area contributed by atoms with Crippen LogP contribution in [-0.2, 0) is 23.2 Å². The Kier molecular flexibility index (Phi) is 15.0. The zero-order chi connectivity index (χ0) is 31.6. The average molecular weight is 613 g/mol. The van der Waals surface area contributed by atoms with Crippen LogP contribution in [0, 0.1) is 11.8 Å². The van der Waals surface area contributed by atoms with Gasteiger partial charge in [0.15, 0.2) is 8.32 Å². The summed E-state index contributed by atoms with van der Waals surface area (Å²) in [6.07, 6.45) is 10.2. The number of esters is 1. The maximum Gasteiger partial charge on any atom is 0.305 e. The summed E-state index contributed by atoms with van der Waals surface area (Å²) in [5.74, 6) is -0.0911. The molecule has 1 rings (SSSR count). The highest BCUT2D eigenvalue weighted by atomic mass is 28.4. The van der Waals surface area contributed by atoms with Gasteiger partial charge in [-0.25, -0.2) is 0 Å². The van der Waals surface area contributed by atoms with Gasteiger partial charge in [0.1, 0.15) is 5.78 Å². The zero-order valence-electron chi connectivity index (χ0n) is 28.7. The lowest BCUT2D eigenvalue weighted by molar-refractivity contribution is -0.140. The van der Waals surface area contributed by atoms with Crippen molar-refractivity contribution in [2.24, 2.45) is 11.8 Å². The van der Waals surface area contributed by atoms with Gasteiger partial charge >= 0.3 is 5.97 Å². The van der Waals surface area contributed by atoms with Gasteiger partial charge in [-0.3, -0.25) is 9.59 Å². The summed E-state index contributed by atoms with van der Waals surface area (Å²) in [5, 5.41) is 11.5. The molecule has 0 saturated heterocycles. The highest BCUT2D eigenvalue weighted by Gasteiger charge is 2.53. The maximum absolute atomic E-state index is 13.7. The predicted octanol–water partition coefficient (Wildman–Crippen LogP) is 8.94. The van der Waals surface area contributed by atoms with Gasteiger partial charge in [0.05, 0.1) is 36.9 Å². The smallest absolute Gasteiger partial charge is 0.305 e. The fourth-order valence-electron chi connectivity index (χ4n) is 4.97. The third-order valence-electron chi connectivity index (χ3n) is 9.75. The third kappa shape index (κ3) is 11.6. The van der Waals surface area contributed by atoms with Crippen LogP contribution in [-0.4, -0.2) is 52.8 Å². The van der Waals surface area contributed by atoms with Gasteiger partial charge in [-0.1, -0.05) is 80.6 Å². The molecule has 1 N–H and O–H groups in total. The minimum Gasteiger partial charge on any atom is -0.546 e. The molecule has 0 spiro atoms. The molecule has 8 heteroatoms. The number of aliphatic hydroxyl groups is 1. The lowest BCUT2D eigenvalue weighted by Crippen LogP contribution is -2.47. The second kappa shape index (κ2) is 16.2. The first-order valence-electron chi connectivity index (χ1n) is 16.1. The SMILES string of the molecule is CCCCCCC=C(O[Si](C)(C)C(C)(C)C)C1C(O[Si](C)(C)C(C)(C)C)CC(=O)C1C(O)CCCCCC(=O)OC. The molecule has 1 aliphatic carbocycles. The number of allylic oxidation sites excluding steroid dienone is 1. The summed E-state index contributed by atoms with van der Waals surface area (Å²) in [6, 6.07) is 0. The van der Waals surface area contributed by atoms with Crippen LogP contribution in [0.5, 0.6) is 0 Å². The highest BCUT2D eigenvalue weighted by Crippen LogP contribution is 2.47. The highest BCUT2D eigenvalue weighted by molar-refractivity contribution is 6.74. The molecule has 240 valence electrons. The number of hydrogen-bond acceptors (Lipinski definition) is 6. The van der Waals surface area contributed by atoms with Crippen molar-refractivity contribution < 1.29 is 28.3 Å². The topological polar surface area (TPSA) is 82.1 Å². The van der Waals surface area contributed by atoms with Gasteiger partial charge in [0.2, 0.25) is 8.32 Å². The largest absolute Gasteiger partial charge is 0.546 e. The van der Waals surface area contributed by atoms with E-state index in [2.05, 4.69) is 80.7 Å². The number of Topliss-reactive ketones (excluding diaryl/α,β-unsaturated/α-hetero) is 1. The number of carbonyl (C=O) groups is 2. The van der Waals surface area contributed by atoms with Crippen molar-refractivity contribution in [3.8, 4) is 0 Å². The molecule has 4 atom stereocenters. The van der Waals surface area contributed by atoms with Crippen molar-refractivity contribution in [2.45, 2.75) is 168 Å². The van der Waals surface area contributed by atoms with Crippen molar-refractivity contribution in [3.63, 3.8) is 0 Å². The van der Waals surface area contributed by atoms with Gasteiger partial charge in [-0.15, -0.1) is 0 Å². The first-order chi connectivity index (χ1) is 18.8. The molecule has 41 heavy (non-hydrogen) atoms. The van der Waals surface area contributed by atoms with Crippen LogP contribution in [0.3, 0.4) is 0 Å². The summed E-state index contributed by atoms with van der Waals surface area (Å²) in [7, 11) is -3.01. The maximum atomic E-state index is 13.7. The van der Waals surface area contributed by atoms with Crippen LogP contribution in [0.2, 0.25) is 36.3 Å². The summed E-state index contributed by atoms with van der Waals surface area (Å²) >= 11 is 0. The molecule has 1 saturated carbocycles. The summed E-state index contributed by atoms with van der Waals surface area (Å²) in [4.78, 5) is 25.2. The van der Waals surface area contributed by atoms with E-state index in [9.17, 15) is 14.7 Å². The first-order valence-corrected chi connectivity index (χ1v) is 21.9. The van der Waals surface area contributed by atoms with Crippen molar-refractivity contribution in [2.75, 3.05) is 7.11 Å². The van der Waals surface area contributed by atoms with E-state index >= 15 is 0 Å². The van der Waals surface area contributed by atoms with Gasteiger partial charge in [0, 0.05) is 12.8 Å². The van der Waals surface area contributed by atoms with Crippen LogP contribution >= 0.6 is 0 Å². The molecule has 0 aromatic heterocycles. The van der Waals surface area contributed by atoms with Crippen LogP contribution in [0.25, 0.3) is 0 Å². The number of hydrogen-bond donors (Lipinski definition) is 1. The predicted molar refractivity (Wildman–Crippen MR) is 175 cm³/mol. The number of aliphatic hydroxyl groups excluding tert-OH is 1. The van der Waals surface area contributed by atoms with E-state index in [0.29, 0.717) is 19.3 Å². The lowest BCUT2D eigenvalue weighted by Gasteiger charge is -2.43. The standard InChI is InChI=1S/C33H64O6Si2/c1-13-14-15-16-19-22-27(38-40(9,10)32(2,3)4)31-28(39-41(11,12)33(5,6)7)24-26(35)30(31)25(34)21-18-17-20-23-29(36)37-8/h22,25,28,30-31,34H,13-21,23-24H2,1-12H3. The van der Waals surface area contributed by atoms with Crippen molar-refractivity contribution >= 4 is 28.4 Å². The van der Waals surface area contributed by atoms with Crippen LogP contribution < -0.4 is 0 Å². The van der Waals surface area contributed by atoms with Crippen molar-refractivity contribution in [1.29, 1.82) is 0 Å². The Balaban J connectivity index is 3.41. The average Bonchev–Trinajstić information content (AvgIpc) is 3.15. The number of methoxy groups -OCH3 is 1. The molecule has 0 aromatic carbocycles. The minimum absolute atomic E-state index is 0.000445. The van der Waals surface area contributed by atoms with E-state index in [0.717, 1.165) is 37.9 Å². The van der Waals surface area contributed by atoms with E-state index in [1.807, 2.05) is 0 Å². The quantitative estimate of drug-likeness (QED) is 0.0764. The van der Waals surface area contributed by atoms with E-state index < -0.39 is 28.7 Å². The second-order valence-electron chi connectivity index (χ2n) is 15.2. The molecular formula is C33H64O6Si2. The van der Waals surface area contributed by atoms with E-state index in [4.69, 9.17) is 13.6 Å². The number of unbranched alkanes of at least 4 members (excludes halogenated alkanes) is 6. The van der Waals surface area contributed by atoms with Crippen molar-refractivity contribution in [3.05, 3.63) is 11.8 Å². The molecule has 0 radical (unpaired) electrons. The third-order valence-corrected chi connectivity index (χ3v) is 18.6. The molecule has 4 unspecified atom stereocenters. The summed E-state index contributed by atoms with van der Waals surface area (Å²) < 4.78 is 18.8. The first kappa shape index (κ1) is 38.1. The number of ketones is 1. The van der Waals surface area contributed by atoms with Gasteiger partial charge < -0.3 is 18.7 Å². The van der Waals surface area contributed by atoms with Crippen LogP contribution in [0.1, 0.15) is 119 Å². The Labute approximate surface area is 254 Å². The lowest BCUT2D eigenvalue weighted by atomic mass is 9.85. The molecule has 0 bridgehead atoms. The van der Waals surface area contributed by atoms with Crippen LogP contribution in [0.4, 0.5) is 0 Å². The molecular weight excluding hydrogens is 549 g/mol. The molecule has 0 heterocycles. The molecule has 1 aliphatic rings. The monoisotopic (exact) mass is 612 g/mol. The molecule has 0 amide bonds. The van der Waals surface area contributed by atoms with Gasteiger partial charge in [-0.2, -0.15) is 0 Å². The Morgan fingerprint density at radius 2 is 1.54 bits per heavy atom. The Morgan fingerprint density at radius 3 is 2.07 bits per heavy atom. The van der Waals surface area contributed by atoms with Crippen LogP contribution in [0.15, 0.2) is 11.8 Å².